The molecule has 0 unspecified atom stereocenters. The van der Waals surface area contributed by atoms with Crippen LogP contribution in [0.5, 0.6) is 0 Å². The summed E-state index contributed by atoms with van der Waals surface area (Å²) >= 11 is 0. The molecule has 4 rings (SSSR count). The molecule has 1 aromatic heterocycles. The zero-order chi connectivity index (χ0) is 24.6. The lowest BCUT2D eigenvalue weighted by molar-refractivity contribution is -0.137. The van der Waals surface area contributed by atoms with Crippen LogP contribution in [0.15, 0.2) is 75.9 Å². The minimum Gasteiger partial charge on any atom is -0.459 e. The van der Waals surface area contributed by atoms with Crippen molar-refractivity contribution in [1.82, 2.24) is 4.67 Å². The number of anilines is 1. The molecule has 0 aliphatic carbocycles. The summed E-state index contributed by atoms with van der Waals surface area (Å²) in [4.78, 5) is 2.34. The molecular weight excluding hydrogens is 458 g/mol. The molecule has 34 heavy (non-hydrogen) atoms. The topological polar surface area (TPSA) is 32.0 Å². The van der Waals surface area contributed by atoms with Gasteiger partial charge in [-0.05, 0) is 49.4 Å². The van der Waals surface area contributed by atoms with Gasteiger partial charge in [0, 0.05) is 37.0 Å². The van der Waals surface area contributed by atoms with Gasteiger partial charge in [-0.1, -0.05) is 45.0 Å². The van der Waals surface area contributed by atoms with E-state index in [2.05, 4.69) is 42.5 Å². The Morgan fingerprint density at radius 3 is 2.09 bits per heavy atom. The van der Waals surface area contributed by atoms with E-state index < -0.39 is 18.9 Å². The van der Waals surface area contributed by atoms with Crippen molar-refractivity contribution >= 4 is 24.1 Å². The largest absolute Gasteiger partial charge is 0.459 e. The molecular formula is C26H31F3N3OP. The monoisotopic (exact) mass is 489 g/mol. The summed E-state index contributed by atoms with van der Waals surface area (Å²) in [5, 5.41) is -0.361. The van der Waals surface area contributed by atoms with Gasteiger partial charge >= 0.3 is 6.18 Å². The van der Waals surface area contributed by atoms with Crippen molar-refractivity contribution in [2.24, 2.45) is 4.74 Å². The van der Waals surface area contributed by atoms with Crippen molar-refractivity contribution in [3.05, 3.63) is 78.1 Å². The van der Waals surface area contributed by atoms with E-state index in [9.17, 15) is 13.2 Å². The molecule has 2 heterocycles. The lowest BCUT2D eigenvalue weighted by atomic mass is 10.2. The van der Waals surface area contributed by atoms with Crippen LogP contribution in [0.1, 0.15) is 32.1 Å². The van der Waals surface area contributed by atoms with Crippen molar-refractivity contribution in [1.29, 1.82) is 0 Å². The summed E-state index contributed by atoms with van der Waals surface area (Å²) < 4.78 is 54.1. The first kappa shape index (κ1) is 24.6. The number of aryl methyl sites for hydroxylation is 1. The third-order valence-electron chi connectivity index (χ3n) is 6.19. The number of rotatable bonds is 4. The average Bonchev–Trinajstić information content (AvgIpc) is 3.23. The summed E-state index contributed by atoms with van der Waals surface area (Å²) in [6.07, 6.45) is -4.42. The fourth-order valence-electron chi connectivity index (χ4n) is 4.54. The van der Waals surface area contributed by atoms with E-state index in [1.165, 1.54) is 11.8 Å². The highest BCUT2D eigenvalue weighted by Crippen LogP contribution is 2.64. The Kier molecular flexibility index (Phi) is 6.71. The van der Waals surface area contributed by atoms with Gasteiger partial charge in [0.2, 0.25) is 0 Å². The maximum atomic E-state index is 13.5. The number of halogens is 3. The van der Waals surface area contributed by atoms with Gasteiger partial charge in [-0.15, -0.1) is 0 Å². The van der Waals surface area contributed by atoms with Crippen LogP contribution in [0.25, 0.3) is 0 Å². The van der Waals surface area contributed by atoms with Crippen LogP contribution in [0.4, 0.5) is 24.5 Å². The molecule has 1 saturated heterocycles. The van der Waals surface area contributed by atoms with Crippen LogP contribution in [-0.4, -0.2) is 36.0 Å². The van der Waals surface area contributed by atoms with Crippen LogP contribution in [-0.2, 0) is 6.18 Å². The minimum atomic E-state index is -4.42. The van der Waals surface area contributed by atoms with Gasteiger partial charge in [0.05, 0.1) is 11.3 Å². The zero-order valence-corrected chi connectivity index (χ0v) is 20.9. The molecule has 3 aromatic rings. The third kappa shape index (κ3) is 4.82. The maximum Gasteiger partial charge on any atom is 0.416 e. The SMILES string of the molecule is Cc1ccc([P@](=Nc2cccc(C(F)(F)F)c2)(N2CCN(c3ccccc3)CC2)C(C)(C)C)o1. The van der Waals surface area contributed by atoms with E-state index in [-0.39, 0.29) is 5.16 Å². The predicted molar refractivity (Wildman–Crippen MR) is 134 cm³/mol. The van der Waals surface area contributed by atoms with E-state index in [4.69, 9.17) is 9.16 Å². The Bertz CT molecular complexity index is 1170. The Morgan fingerprint density at radius 1 is 0.853 bits per heavy atom. The second kappa shape index (κ2) is 9.27. The van der Waals surface area contributed by atoms with E-state index in [1.807, 2.05) is 37.3 Å². The summed E-state index contributed by atoms with van der Waals surface area (Å²) in [5.41, 5.74) is 1.57. The Morgan fingerprint density at radius 2 is 1.53 bits per heavy atom. The van der Waals surface area contributed by atoms with Gasteiger partial charge in [-0.3, -0.25) is 4.67 Å². The molecule has 0 amide bonds. The van der Waals surface area contributed by atoms with E-state index in [0.29, 0.717) is 5.69 Å². The molecule has 0 saturated carbocycles. The van der Waals surface area contributed by atoms with Crippen molar-refractivity contribution in [3.63, 3.8) is 0 Å². The zero-order valence-electron chi connectivity index (χ0n) is 20.0. The molecule has 1 atom stereocenters. The smallest absolute Gasteiger partial charge is 0.416 e. The van der Waals surface area contributed by atoms with Crippen LogP contribution >= 0.6 is 7.21 Å². The van der Waals surface area contributed by atoms with E-state index >= 15 is 0 Å². The number of furan rings is 1. The molecule has 2 aromatic carbocycles. The fraction of sp³-hybridized carbons (Fsp3) is 0.385. The summed E-state index contributed by atoms with van der Waals surface area (Å²) in [6.45, 7) is 11.3. The molecule has 8 heteroatoms. The molecule has 182 valence electrons. The van der Waals surface area contributed by atoms with Crippen molar-refractivity contribution in [2.45, 2.75) is 39.0 Å². The highest BCUT2D eigenvalue weighted by Gasteiger charge is 2.44. The first-order valence-electron chi connectivity index (χ1n) is 11.4. The lowest BCUT2D eigenvalue weighted by Gasteiger charge is -2.47. The quantitative estimate of drug-likeness (QED) is 0.361. The Balaban J connectivity index is 1.82. The summed E-state index contributed by atoms with van der Waals surface area (Å²) in [7, 11) is -2.60. The molecule has 1 aliphatic rings. The highest BCUT2D eigenvalue weighted by atomic mass is 31.2. The lowest BCUT2D eigenvalue weighted by Crippen LogP contribution is -2.48. The average molecular weight is 490 g/mol. The Hall–Kier alpha value is -2.50. The van der Waals surface area contributed by atoms with E-state index in [1.54, 1.807) is 6.07 Å². The fourth-order valence-corrected chi connectivity index (χ4v) is 8.62. The number of alkyl halides is 3. The van der Waals surface area contributed by atoms with Gasteiger partial charge in [0.1, 0.15) is 13.0 Å². The van der Waals surface area contributed by atoms with Gasteiger partial charge in [0.15, 0.2) is 5.50 Å². The van der Waals surface area contributed by atoms with Crippen LogP contribution < -0.4 is 10.4 Å². The number of piperazine rings is 1. The highest BCUT2D eigenvalue weighted by molar-refractivity contribution is 7.72. The molecule has 4 nitrogen and oxygen atoms in total. The standard InChI is InChI=1S/C26H31F3N3OP/c1-20-13-14-24(33-20)34(25(2,3)4,30-22-10-8-9-21(19-22)26(27,28)29)32-17-15-31(16-18-32)23-11-6-5-7-12-23/h5-14,19H,15-18H2,1-4H3/t34-/m0/s1. The van der Waals surface area contributed by atoms with Gasteiger partial charge in [0.25, 0.3) is 0 Å². The molecule has 1 fully saturated rings. The third-order valence-corrected chi connectivity index (χ3v) is 10.7. The number of nitrogens with zero attached hydrogens (tertiary/aromatic N) is 3. The van der Waals surface area contributed by atoms with Crippen LogP contribution in [0.3, 0.4) is 0 Å². The van der Waals surface area contributed by atoms with Gasteiger partial charge in [-0.25, -0.2) is 4.74 Å². The van der Waals surface area contributed by atoms with E-state index in [0.717, 1.165) is 49.6 Å². The van der Waals surface area contributed by atoms with Crippen molar-refractivity contribution in [2.75, 3.05) is 31.1 Å². The second-order valence-corrected chi connectivity index (χ2v) is 13.3. The van der Waals surface area contributed by atoms with Crippen molar-refractivity contribution in [3.8, 4) is 0 Å². The number of hydrogen-bond acceptors (Lipinski definition) is 3. The molecule has 1 aliphatic heterocycles. The van der Waals surface area contributed by atoms with Gasteiger partial charge < -0.3 is 9.32 Å². The number of hydrogen-bond donors (Lipinski definition) is 0. The normalized spacial score (nSPS) is 17.4. The molecule has 0 bridgehead atoms. The van der Waals surface area contributed by atoms with Crippen LogP contribution in [0, 0.1) is 6.92 Å². The summed E-state index contributed by atoms with van der Waals surface area (Å²) in [5.74, 6) is 0.769. The number of para-hydroxylation sites is 1. The number of benzene rings is 2. The second-order valence-electron chi connectivity index (χ2n) is 9.58. The molecule has 0 N–H and O–H groups in total. The molecule has 0 spiro atoms. The van der Waals surface area contributed by atoms with Crippen molar-refractivity contribution < 1.29 is 17.6 Å². The van der Waals surface area contributed by atoms with Crippen LogP contribution in [0.2, 0.25) is 0 Å². The predicted octanol–water partition coefficient (Wildman–Crippen LogP) is 7.30. The molecule has 0 radical (unpaired) electrons. The first-order valence-corrected chi connectivity index (χ1v) is 13.1. The van der Waals surface area contributed by atoms with Gasteiger partial charge in [-0.2, -0.15) is 13.2 Å². The Labute approximate surface area is 199 Å². The minimum absolute atomic E-state index is 0.331. The maximum absolute atomic E-state index is 13.5. The first-order chi connectivity index (χ1) is 16.0. The summed E-state index contributed by atoms with van der Waals surface area (Å²) in [6, 6.07) is 19.5.